The van der Waals surface area contributed by atoms with Gasteiger partial charge in [-0.2, -0.15) is 0 Å². The van der Waals surface area contributed by atoms with Crippen molar-refractivity contribution in [3.05, 3.63) is 0 Å². The van der Waals surface area contributed by atoms with Crippen LogP contribution in [0.4, 0.5) is 0 Å². The van der Waals surface area contributed by atoms with Gasteiger partial charge in [-0.15, -0.1) is 0 Å². The first-order valence-corrected chi connectivity index (χ1v) is 4.64. The summed E-state index contributed by atoms with van der Waals surface area (Å²) in [6.45, 7) is 0. The lowest BCUT2D eigenvalue weighted by Gasteiger charge is -2.18. The number of nitrogens with zero attached hydrogens (tertiary/aromatic N) is 2. The molecule has 2 heterocycles. The molecular weight excluding hydrogens is 199 g/mol. The molecule has 0 atom stereocenters. The first-order chi connectivity index (χ1) is 7.09. The number of hydrogen-bond acceptors (Lipinski definition) is 4. The Hall–Kier alpha value is -1.66. The van der Waals surface area contributed by atoms with Crippen LogP contribution in [0.3, 0.4) is 0 Å². The molecule has 77 valence electrons. The summed E-state index contributed by atoms with van der Waals surface area (Å²) in [7, 11) is 1.02. The third-order valence-corrected chi connectivity index (χ3v) is 2.41. The van der Waals surface area contributed by atoms with Gasteiger partial charge >= 0.3 is 7.55 Å². The van der Waals surface area contributed by atoms with E-state index >= 15 is 0 Å². The molecule has 2 rings (SSSR count). The molecule has 15 heavy (non-hydrogen) atoms. The number of carbonyl (C=O) groups is 4. The zero-order valence-corrected chi connectivity index (χ0v) is 7.93. The van der Waals surface area contributed by atoms with Crippen LogP contribution >= 0.6 is 0 Å². The lowest BCUT2D eigenvalue weighted by molar-refractivity contribution is -0.134. The predicted octanol–water partition coefficient (Wildman–Crippen LogP) is -1.18. The number of imide groups is 2. The van der Waals surface area contributed by atoms with Gasteiger partial charge in [-0.25, -0.2) is 0 Å². The van der Waals surface area contributed by atoms with Crippen molar-refractivity contribution >= 4 is 31.2 Å². The van der Waals surface area contributed by atoms with Gasteiger partial charge in [0.25, 0.3) is 0 Å². The zero-order valence-electron chi connectivity index (χ0n) is 7.93. The van der Waals surface area contributed by atoms with Crippen molar-refractivity contribution in [1.29, 1.82) is 0 Å². The Morgan fingerprint density at radius 2 is 0.933 bits per heavy atom. The predicted molar refractivity (Wildman–Crippen MR) is 47.9 cm³/mol. The Morgan fingerprint density at radius 1 is 0.667 bits per heavy atom. The topological polar surface area (TPSA) is 74.8 Å². The molecule has 0 saturated carbocycles. The molecule has 0 unspecified atom stereocenters. The van der Waals surface area contributed by atoms with Crippen molar-refractivity contribution in [1.82, 2.24) is 9.62 Å². The van der Waals surface area contributed by atoms with Crippen LogP contribution in [0.15, 0.2) is 0 Å². The summed E-state index contributed by atoms with van der Waals surface area (Å²) >= 11 is 0. The lowest BCUT2D eigenvalue weighted by atomic mass is 10.1. The minimum atomic E-state index is -0.368. The highest BCUT2D eigenvalue weighted by Gasteiger charge is 2.38. The molecule has 7 heteroatoms. The summed E-state index contributed by atoms with van der Waals surface area (Å²) in [6, 6.07) is 0. The molecule has 0 aromatic heterocycles. The second-order valence-electron chi connectivity index (χ2n) is 3.43. The van der Waals surface area contributed by atoms with E-state index in [-0.39, 0.29) is 49.3 Å². The van der Waals surface area contributed by atoms with Crippen molar-refractivity contribution in [3.63, 3.8) is 0 Å². The molecule has 0 N–H and O–H groups in total. The fourth-order valence-corrected chi connectivity index (χ4v) is 1.56. The quantitative estimate of drug-likeness (QED) is 0.421. The molecule has 0 aromatic rings. The lowest BCUT2D eigenvalue weighted by Crippen LogP contribution is -2.46. The van der Waals surface area contributed by atoms with E-state index in [0.717, 1.165) is 17.2 Å². The first-order valence-electron chi connectivity index (χ1n) is 4.64. The maximum atomic E-state index is 11.2. The second-order valence-corrected chi connectivity index (χ2v) is 3.43. The van der Waals surface area contributed by atoms with Gasteiger partial charge in [-0.1, -0.05) is 0 Å². The average molecular weight is 207 g/mol. The fraction of sp³-hybridized carbons (Fsp3) is 0.500. The molecular formula is C8H8BN2O4. The summed E-state index contributed by atoms with van der Waals surface area (Å²) in [6.07, 6.45) is 0.578. The van der Waals surface area contributed by atoms with Crippen LogP contribution in [0.5, 0.6) is 0 Å². The summed E-state index contributed by atoms with van der Waals surface area (Å²) in [5.74, 6) is -1.47. The van der Waals surface area contributed by atoms with Gasteiger partial charge in [0.2, 0.25) is 23.6 Å². The summed E-state index contributed by atoms with van der Waals surface area (Å²) in [5, 5.41) is 0. The Kier molecular flexibility index (Phi) is 2.30. The zero-order chi connectivity index (χ0) is 11.0. The molecule has 6 nitrogen and oxygen atoms in total. The third kappa shape index (κ3) is 1.64. The highest BCUT2D eigenvalue weighted by Crippen LogP contribution is 2.15. The Morgan fingerprint density at radius 3 is 1.20 bits per heavy atom. The van der Waals surface area contributed by atoms with Crippen LogP contribution in [-0.2, 0) is 19.2 Å². The van der Waals surface area contributed by atoms with E-state index < -0.39 is 0 Å². The Bertz CT molecular complexity index is 302. The summed E-state index contributed by atoms with van der Waals surface area (Å²) in [4.78, 5) is 46.5. The van der Waals surface area contributed by atoms with Crippen molar-refractivity contribution in [2.45, 2.75) is 25.7 Å². The van der Waals surface area contributed by atoms with Crippen LogP contribution in [0.1, 0.15) is 25.7 Å². The molecule has 0 aromatic carbocycles. The van der Waals surface area contributed by atoms with E-state index in [9.17, 15) is 19.2 Å². The maximum absolute atomic E-state index is 11.2. The maximum Gasteiger partial charge on any atom is 0.410 e. The largest absolute Gasteiger partial charge is 0.410 e. The highest BCUT2D eigenvalue weighted by molar-refractivity contribution is 6.49. The third-order valence-electron chi connectivity index (χ3n) is 2.41. The van der Waals surface area contributed by atoms with Crippen LogP contribution < -0.4 is 0 Å². The van der Waals surface area contributed by atoms with E-state index in [0.29, 0.717) is 0 Å². The Balaban J connectivity index is 2.08. The average Bonchev–Trinajstić information content (AvgIpc) is 2.67. The van der Waals surface area contributed by atoms with Gasteiger partial charge in [-0.05, 0) is 0 Å². The van der Waals surface area contributed by atoms with Gasteiger partial charge < -0.3 is 9.62 Å². The molecule has 0 bridgehead atoms. The number of amides is 4. The monoisotopic (exact) mass is 207 g/mol. The van der Waals surface area contributed by atoms with E-state index in [4.69, 9.17) is 0 Å². The van der Waals surface area contributed by atoms with Crippen LogP contribution in [-0.4, -0.2) is 40.8 Å². The second kappa shape index (κ2) is 3.49. The summed E-state index contributed by atoms with van der Waals surface area (Å²) in [5.41, 5.74) is 0. The van der Waals surface area contributed by atoms with Crippen molar-refractivity contribution in [3.8, 4) is 0 Å². The Labute approximate surface area is 86.5 Å². The number of hydrogen-bond donors (Lipinski definition) is 0. The van der Waals surface area contributed by atoms with Crippen molar-refractivity contribution in [2.75, 3.05) is 0 Å². The van der Waals surface area contributed by atoms with Gasteiger partial charge in [0, 0.05) is 25.7 Å². The number of rotatable bonds is 2. The first kappa shape index (κ1) is 9.88. The van der Waals surface area contributed by atoms with E-state index in [1.165, 1.54) is 0 Å². The van der Waals surface area contributed by atoms with E-state index in [2.05, 4.69) is 0 Å². The van der Waals surface area contributed by atoms with E-state index in [1.807, 2.05) is 0 Å². The SMILES string of the molecule is O=C1CCC(=O)N1[B]N1C(=O)CCC1=O. The smallest absolute Gasteiger partial charge is 0.308 e. The standard InChI is InChI=1S/C8H8BN2O4/c12-5-1-2-6(13)10(5)9-11-7(14)3-4-8(11)15/h1-4H2. The van der Waals surface area contributed by atoms with Gasteiger partial charge in [-0.3, -0.25) is 19.2 Å². The molecule has 2 aliphatic heterocycles. The fourth-order valence-electron chi connectivity index (χ4n) is 1.56. The molecule has 2 fully saturated rings. The normalized spacial score (nSPS) is 21.9. The minimum Gasteiger partial charge on any atom is -0.308 e. The molecule has 0 aliphatic carbocycles. The minimum absolute atomic E-state index is 0.144. The molecule has 2 aliphatic rings. The van der Waals surface area contributed by atoms with Gasteiger partial charge in [0.15, 0.2) is 0 Å². The van der Waals surface area contributed by atoms with Gasteiger partial charge in [0.1, 0.15) is 0 Å². The highest BCUT2D eigenvalue weighted by atomic mass is 16.2. The van der Waals surface area contributed by atoms with Crippen LogP contribution in [0, 0.1) is 0 Å². The molecule has 4 amide bonds. The summed E-state index contributed by atoms with van der Waals surface area (Å²) < 4.78 is 0. The van der Waals surface area contributed by atoms with E-state index in [1.54, 1.807) is 0 Å². The van der Waals surface area contributed by atoms with Gasteiger partial charge in [0.05, 0.1) is 0 Å². The van der Waals surface area contributed by atoms with Crippen LogP contribution in [0.2, 0.25) is 0 Å². The van der Waals surface area contributed by atoms with Crippen LogP contribution in [0.25, 0.3) is 0 Å². The molecule has 0 spiro atoms. The molecule has 2 saturated heterocycles. The van der Waals surface area contributed by atoms with Crippen molar-refractivity contribution < 1.29 is 19.2 Å². The number of carbonyl (C=O) groups excluding carboxylic acids is 4. The molecule has 1 radical (unpaired) electrons. The van der Waals surface area contributed by atoms with Crippen molar-refractivity contribution in [2.24, 2.45) is 0 Å².